The molecule has 3 rings (SSSR count). The highest BCUT2D eigenvalue weighted by molar-refractivity contribution is 6.32. The average molecular weight is 391 g/mol. The van der Waals surface area contributed by atoms with E-state index in [9.17, 15) is 10.1 Å². The highest BCUT2D eigenvalue weighted by Crippen LogP contribution is 2.36. The van der Waals surface area contributed by atoms with Crippen molar-refractivity contribution in [3.05, 3.63) is 44.7 Å². The van der Waals surface area contributed by atoms with Gasteiger partial charge in [0.25, 0.3) is 0 Å². The summed E-state index contributed by atoms with van der Waals surface area (Å²) >= 11 is 6.18. The average Bonchev–Trinajstić information content (AvgIpc) is 2.88. The van der Waals surface area contributed by atoms with Crippen LogP contribution >= 0.6 is 11.6 Å². The molecule has 144 valence electrons. The zero-order valence-electron chi connectivity index (χ0n) is 15.5. The number of aromatic nitrogens is 2. The Bertz CT molecular complexity index is 813. The van der Waals surface area contributed by atoms with Crippen LogP contribution in [0, 0.1) is 24.0 Å². The van der Waals surface area contributed by atoms with Gasteiger partial charge in [-0.15, -0.1) is 0 Å². The fourth-order valence-corrected chi connectivity index (χ4v) is 3.51. The smallest absolute Gasteiger partial charge is 0.373 e. The minimum atomic E-state index is -0.496. The van der Waals surface area contributed by atoms with E-state index >= 15 is 0 Å². The third-order valence-corrected chi connectivity index (χ3v) is 5.39. The summed E-state index contributed by atoms with van der Waals surface area (Å²) in [5.74, 6) is 0.586. The molecular formula is C19H23ClN4O3. The molecule has 0 aliphatic heterocycles. The summed E-state index contributed by atoms with van der Waals surface area (Å²) in [7, 11) is 0. The van der Waals surface area contributed by atoms with Crippen LogP contribution in [0.4, 0.5) is 11.5 Å². The normalized spacial score (nSPS) is 15.2. The fourth-order valence-electron chi connectivity index (χ4n) is 3.40. The molecule has 1 aromatic heterocycles. The van der Waals surface area contributed by atoms with Crippen molar-refractivity contribution >= 4 is 23.1 Å². The molecule has 1 N–H and O–H groups in total. The van der Waals surface area contributed by atoms with Crippen molar-refractivity contribution < 1.29 is 9.66 Å². The molecule has 1 heterocycles. The zero-order chi connectivity index (χ0) is 19.4. The number of nitro groups is 1. The maximum absolute atomic E-state index is 11.7. The van der Waals surface area contributed by atoms with Crippen LogP contribution in [0.15, 0.2) is 18.5 Å². The number of hydrogen-bond acceptors (Lipinski definition) is 6. The maximum atomic E-state index is 11.7. The summed E-state index contributed by atoms with van der Waals surface area (Å²) in [6.07, 6.45) is 7.88. The Labute approximate surface area is 163 Å². The number of hydrogen-bond donors (Lipinski definition) is 1. The molecule has 0 spiro atoms. The molecule has 1 aliphatic carbocycles. The standard InChI is InChI=1S/C19H23ClN4O3/c1-12-9-15(10-13(2)16(12)20)27-19-17(24(25)26)18(21-11-22-19)23-14-7-5-3-4-6-8-14/h9-11,14H,3-8H2,1-2H3,(H,21,22,23). The topological polar surface area (TPSA) is 90.2 Å². The van der Waals surface area contributed by atoms with Gasteiger partial charge < -0.3 is 10.1 Å². The second kappa shape index (κ2) is 8.52. The zero-order valence-corrected chi connectivity index (χ0v) is 16.3. The highest BCUT2D eigenvalue weighted by Gasteiger charge is 2.27. The predicted molar refractivity (Wildman–Crippen MR) is 105 cm³/mol. The molecule has 1 fully saturated rings. The predicted octanol–water partition coefficient (Wildman–Crippen LogP) is 5.58. The number of nitrogens with one attached hydrogen (secondary N) is 1. The molecular weight excluding hydrogens is 368 g/mol. The van der Waals surface area contributed by atoms with Gasteiger partial charge in [0, 0.05) is 11.1 Å². The largest absolute Gasteiger partial charge is 0.434 e. The molecule has 7 nitrogen and oxygen atoms in total. The molecule has 1 aliphatic rings. The fraction of sp³-hybridized carbons (Fsp3) is 0.474. The van der Waals surface area contributed by atoms with Crippen molar-refractivity contribution in [3.8, 4) is 11.6 Å². The van der Waals surface area contributed by atoms with Crippen LogP contribution in [0.25, 0.3) is 0 Å². The lowest BCUT2D eigenvalue weighted by atomic mass is 10.1. The molecule has 0 saturated heterocycles. The SMILES string of the molecule is Cc1cc(Oc2ncnc(NC3CCCCCC3)c2[N+](=O)[O-])cc(C)c1Cl. The molecule has 1 saturated carbocycles. The Morgan fingerprint density at radius 1 is 1.15 bits per heavy atom. The van der Waals surface area contributed by atoms with Crippen LogP contribution in [0.5, 0.6) is 11.6 Å². The number of rotatable bonds is 5. The van der Waals surface area contributed by atoms with Crippen molar-refractivity contribution in [2.45, 2.75) is 58.4 Å². The molecule has 8 heteroatoms. The van der Waals surface area contributed by atoms with Gasteiger partial charge in [-0.1, -0.05) is 37.3 Å². The van der Waals surface area contributed by atoms with E-state index in [1.165, 1.54) is 19.2 Å². The summed E-state index contributed by atoms with van der Waals surface area (Å²) in [5.41, 5.74) is 1.42. The quantitative estimate of drug-likeness (QED) is 0.407. The Balaban J connectivity index is 1.90. The summed E-state index contributed by atoms with van der Waals surface area (Å²) in [6.45, 7) is 3.71. The van der Waals surface area contributed by atoms with Gasteiger partial charge in [0.1, 0.15) is 12.1 Å². The van der Waals surface area contributed by atoms with E-state index in [2.05, 4.69) is 15.3 Å². The molecule has 27 heavy (non-hydrogen) atoms. The first-order valence-corrected chi connectivity index (χ1v) is 9.54. The lowest BCUT2D eigenvalue weighted by Crippen LogP contribution is -2.20. The summed E-state index contributed by atoms with van der Waals surface area (Å²) in [4.78, 5) is 19.3. The van der Waals surface area contributed by atoms with Gasteiger partial charge in [-0.3, -0.25) is 10.1 Å². The van der Waals surface area contributed by atoms with Crippen molar-refractivity contribution in [2.24, 2.45) is 0 Å². The van der Waals surface area contributed by atoms with E-state index in [1.807, 2.05) is 13.8 Å². The van der Waals surface area contributed by atoms with Crippen molar-refractivity contribution in [3.63, 3.8) is 0 Å². The second-order valence-electron chi connectivity index (χ2n) is 6.94. The summed E-state index contributed by atoms with van der Waals surface area (Å²) in [5, 5.41) is 15.6. The molecule has 0 atom stereocenters. The molecule has 2 aromatic rings. The Morgan fingerprint density at radius 3 is 2.37 bits per heavy atom. The maximum Gasteiger partial charge on any atom is 0.373 e. The number of aryl methyl sites for hydroxylation is 2. The third kappa shape index (κ3) is 4.66. The van der Waals surface area contributed by atoms with E-state index in [-0.39, 0.29) is 23.4 Å². The summed E-state index contributed by atoms with van der Waals surface area (Å²) in [6, 6.07) is 3.65. The van der Waals surface area contributed by atoms with Crippen LogP contribution < -0.4 is 10.1 Å². The Kier molecular flexibility index (Phi) is 6.11. The van der Waals surface area contributed by atoms with Crippen LogP contribution in [-0.2, 0) is 0 Å². The summed E-state index contributed by atoms with van der Waals surface area (Å²) < 4.78 is 5.75. The molecule has 0 unspecified atom stereocenters. The molecule has 0 bridgehead atoms. The highest BCUT2D eigenvalue weighted by atomic mass is 35.5. The van der Waals surface area contributed by atoms with Crippen LogP contribution in [-0.4, -0.2) is 20.9 Å². The first-order valence-electron chi connectivity index (χ1n) is 9.16. The van der Waals surface area contributed by atoms with E-state index in [0.717, 1.165) is 36.8 Å². The third-order valence-electron chi connectivity index (χ3n) is 4.79. The number of ether oxygens (including phenoxy) is 1. The van der Waals surface area contributed by atoms with Crippen LogP contribution in [0.3, 0.4) is 0 Å². The second-order valence-corrected chi connectivity index (χ2v) is 7.32. The van der Waals surface area contributed by atoms with Gasteiger partial charge in [0.05, 0.1) is 4.92 Å². The van der Waals surface area contributed by atoms with Crippen molar-refractivity contribution in [2.75, 3.05) is 5.32 Å². The van der Waals surface area contributed by atoms with Crippen LogP contribution in [0.2, 0.25) is 5.02 Å². The lowest BCUT2D eigenvalue weighted by molar-refractivity contribution is -0.385. The van der Waals surface area contributed by atoms with E-state index < -0.39 is 4.92 Å². The van der Waals surface area contributed by atoms with Gasteiger partial charge >= 0.3 is 11.6 Å². The van der Waals surface area contributed by atoms with E-state index in [4.69, 9.17) is 16.3 Å². The van der Waals surface area contributed by atoms with Gasteiger partial charge in [-0.05, 0) is 49.9 Å². The van der Waals surface area contributed by atoms with Gasteiger partial charge in [-0.25, -0.2) is 4.98 Å². The first-order chi connectivity index (χ1) is 13.0. The van der Waals surface area contributed by atoms with Crippen molar-refractivity contribution in [1.82, 2.24) is 9.97 Å². The van der Waals surface area contributed by atoms with Gasteiger partial charge in [-0.2, -0.15) is 4.98 Å². The lowest BCUT2D eigenvalue weighted by Gasteiger charge is -2.17. The molecule has 1 aromatic carbocycles. The Hall–Kier alpha value is -2.41. The molecule has 0 radical (unpaired) electrons. The number of anilines is 1. The van der Waals surface area contributed by atoms with Crippen molar-refractivity contribution in [1.29, 1.82) is 0 Å². The number of benzene rings is 1. The van der Waals surface area contributed by atoms with Gasteiger partial charge in [0.2, 0.25) is 5.82 Å². The Morgan fingerprint density at radius 2 is 1.78 bits per heavy atom. The minimum absolute atomic E-state index is 0.0766. The first kappa shape index (κ1) is 19.4. The van der Waals surface area contributed by atoms with Crippen LogP contribution in [0.1, 0.15) is 49.7 Å². The van der Waals surface area contributed by atoms with Gasteiger partial charge in [0.15, 0.2) is 0 Å². The number of nitrogens with zero attached hydrogens (tertiary/aromatic N) is 3. The molecule has 0 amide bonds. The van der Waals surface area contributed by atoms with E-state index in [0.29, 0.717) is 10.8 Å². The minimum Gasteiger partial charge on any atom is -0.434 e. The monoisotopic (exact) mass is 390 g/mol. The van der Waals surface area contributed by atoms with E-state index in [1.54, 1.807) is 12.1 Å². The number of halogens is 1.